The Bertz CT molecular complexity index is 1190. The third kappa shape index (κ3) is 4.39. The molecule has 0 aliphatic carbocycles. The molecule has 3 N–H and O–H groups in total. The van der Waals surface area contributed by atoms with Crippen LogP contribution in [-0.4, -0.2) is 25.7 Å². The van der Waals surface area contributed by atoms with Crippen molar-refractivity contribution in [2.75, 3.05) is 11.1 Å². The van der Waals surface area contributed by atoms with Crippen LogP contribution in [0.2, 0.25) is 5.02 Å². The number of ether oxygens (including phenoxy) is 1. The number of hydrogen-bond donors (Lipinski definition) is 2. The van der Waals surface area contributed by atoms with Gasteiger partial charge in [-0.05, 0) is 48.5 Å². The Labute approximate surface area is 177 Å². The first-order valence-electron chi connectivity index (χ1n) is 8.94. The zero-order valence-corrected chi connectivity index (χ0v) is 16.7. The molecule has 0 atom stereocenters. The van der Waals surface area contributed by atoms with Gasteiger partial charge in [0, 0.05) is 35.1 Å². The van der Waals surface area contributed by atoms with Crippen LogP contribution in [0.5, 0.6) is 11.6 Å². The minimum atomic E-state index is -0.248. The van der Waals surface area contributed by atoms with Gasteiger partial charge in [-0.25, -0.2) is 9.97 Å². The molecule has 0 spiro atoms. The predicted octanol–water partition coefficient (Wildman–Crippen LogP) is 4.16. The van der Waals surface area contributed by atoms with Crippen molar-refractivity contribution in [2.45, 2.75) is 0 Å². The van der Waals surface area contributed by atoms with Crippen LogP contribution in [0.1, 0.15) is 10.4 Å². The summed E-state index contributed by atoms with van der Waals surface area (Å²) < 4.78 is 7.44. The molecular weight excluding hydrogens is 404 g/mol. The fourth-order valence-electron chi connectivity index (χ4n) is 2.67. The van der Waals surface area contributed by atoms with Crippen molar-refractivity contribution in [1.82, 2.24) is 19.7 Å². The second-order valence-electron chi connectivity index (χ2n) is 6.44. The number of carbonyl (C=O) groups is 1. The van der Waals surface area contributed by atoms with Gasteiger partial charge in [0.05, 0.1) is 18.1 Å². The molecule has 4 aromatic rings. The molecule has 0 radical (unpaired) electrons. The van der Waals surface area contributed by atoms with Crippen molar-refractivity contribution >= 4 is 29.0 Å². The van der Waals surface area contributed by atoms with Gasteiger partial charge in [0.2, 0.25) is 0 Å². The van der Waals surface area contributed by atoms with Gasteiger partial charge in [-0.3, -0.25) is 9.48 Å². The van der Waals surface area contributed by atoms with E-state index in [-0.39, 0.29) is 17.6 Å². The molecule has 0 fully saturated rings. The minimum absolute atomic E-state index is 0.159. The number of amides is 1. The van der Waals surface area contributed by atoms with Crippen LogP contribution in [0, 0.1) is 0 Å². The van der Waals surface area contributed by atoms with Gasteiger partial charge in [-0.1, -0.05) is 11.6 Å². The average Bonchev–Trinajstić information content (AvgIpc) is 3.18. The van der Waals surface area contributed by atoms with Gasteiger partial charge in [-0.15, -0.1) is 0 Å². The van der Waals surface area contributed by atoms with Crippen molar-refractivity contribution < 1.29 is 9.53 Å². The SMILES string of the molecule is Cn1cc(-c2cnc(N)c(Oc3ccc(C(=O)Nc4ccc(Cl)cc4)cc3)n2)cn1. The summed E-state index contributed by atoms with van der Waals surface area (Å²) >= 11 is 5.86. The van der Waals surface area contributed by atoms with E-state index in [1.807, 2.05) is 13.2 Å². The van der Waals surface area contributed by atoms with Crippen molar-refractivity contribution in [3.05, 3.63) is 77.7 Å². The summed E-state index contributed by atoms with van der Waals surface area (Å²) in [5.41, 5.74) is 8.41. The lowest BCUT2D eigenvalue weighted by atomic mass is 10.2. The van der Waals surface area contributed by atoms with Crippen LogP contribution >= 0.6 is 11.6 Å². The summed E-state index contributed by atoms with van der Waals surface area (Å²) in [6, 6.07) is 13.5. The van der Waals surface area contributed by atoms with E-state index in [0.29, 0.717) is 27.7 Å². The highest BCUT2D eigenvalue weighted by Gasteiger charge is 2.11. The van der Waals surface area contributed by atoms with Crippen molar-refractivity contribution in [1.29, 1.82) is 0 Å². The molecule has 4 rings (SSSR count). The van der Waals surface area contributed by atoms with E-state index in [1.54, 1.807) is 65.6 Å². The fourth-order valence-corrected chi connectivity index (χ4v) is 2.80. The highest BCUT2D eigenvalue weighted by Crippen LogP contribution is 2.27. The molecule has 8 nitrogen and oxygen atoms in total. The van der Waals surface area contributed by atoms with E-state index in [4.69, 9.17) is 22.1 Å². The summed E-state index contributed by atoms with van der Waals surface area (Å²) in [5, 5.41) is 7.53. The van der Waals surface area contributed by atoms with Gasteiger partial charge in [0.15, 0.2) is 5.82 Å². The van der Waals surface area contributed by atoms with Crippen LogP contribution in [-0.2, 0) is 7.05 Å². The van der Waals surface area contributed by atoms with E-state index < -0.39 is 0 Å². The number of hydrogen-bond acceptors (Lipinski definition) is 6. The van der Waals surface area contributed by atoms with E-state index >= 15 is 0 Å². The molecular formula is C21H17ClN6O2. The first kappa shape index (κ1) is 19.4. The Morgan fingerprint density at radius 2 is 1.83 bits per heavy atom. The van der Waals surface area contributed by atoms with E-state index in [0.717, 1.165) is 5.56 Å². The fraction of sp³-hybridized carbons (Fsp3) is 0.0476. The van der Waals surface area contributed by atoms with Crippen molar-refractivity contribution in [3.8, 4) is 22.9 Å². The molecule has 2 aromatic heterocycles. The maximum atomic E-state index is 12.4. The summed E-state index contributed by atoms with van der Waals surface area (Å²) in [5.74, 6) is 0.561. The van der Waals surface area contributed by atoms with E-state index in [1.165, 1.54) is 0 Å². The Balaban J connectivity index is 1.48. The van der Waals surface area contributed by atoms with Crippen molar-refractivity contribution in [2.24, 2.45) is 7.05 Å². The zero-order valence-electron chi connectivity index (χ0n) is 15.9. The van der Waals surface area contributed by atoms with Crippen molar-refractivity contribution in [3.63, 3.8) is 0 Å². The topological polar surface area (TPSA) is 108 Å². The summed E-state index contributed by atoms with van der Waals surface area (Å²) in [6.07, 6.45) is 5.06. The highest BCUT2D eigenvalue weighted by molar-refractivity contribution is 6.30. The zero-order chi connectivity index (χ0) is 21.1. The number of anilines is 2. The average molecular weight is 421 g/mol. The number of nitrogens with two attached hydrogens (primary N) is 1. The first-order valence-corrected chi connectivity index (χ1v) is 9.32. The molecule has 9 heteroatoms. The molecule has 0 bridgehead atoms. The first-order chi connectivity index (χ1) is 14.5. The number of aryl methyl sites for hydroxylation is 1. The maximum absolute atomic E-state index is 12.4. The number of carbonyl (C=O) groups excluding carboxylic acids is 1. The number of nitrogens with zero attached hydrogens (tertiary/aromatic N) is 4. The predicted molar refractivity (Wildman–Crippen MR) is 115 cm³/mol. The van der Waals surface area contributed by atoms with Crippen LogP contribution in [0.15, 0.2) is 67.1 Å². The number of rotatable bonds is 5. The molecule has 1 amide bonds. The molecule has 0 saturated heterocycles. The Kier molecular flexibility index (Phi) is 5.32. The number of nitrogen functional groups attached to an aromatic ring is 1. The van der Waals surface area contributed by atoms with Gasteiger partial charge in [0.1, 0.15) is 5.75 Å². The number of benzene rings is 2. The maximum Gasteiger partial charge on any atom is 0.263 e. The molecule has 30 heavy (non-hydrogen) atoms. The van der Waals surface area contributed by atoms with E-state index in [9.17, 15) is 4.79 Å². The van der Waals surface area contributed by atoms with Gasteiger partial charge in [0.25, 0.3) is 11.8 Å². The van der Waals surface area contributed by atoms with Crippen LogP contribution in [0.3, 0.4) is 0 Å². The third-order valence-corrected chi connectivity index (χ3v) is 4.45. The summed E-state index contributed by atoms with van der Waals surface area (Å²) in [7, 11) is 1.82. The lowest BCUT2D eigenvalue weighted by Gasteiger charge is -2.09. The van der Waals surface area contributed by atoms with Gasteiger partial charge >= 0.3 is 0 Å². The molecule has 0 unspecified atom stereocenters. The normalized spacial score (nSPS) is 10.6. The smallest absolute Gasteiger partial charge is 0.263 e. The Hall–Kier alpha value is -3.91. The monoisotopic (exact) mass is 420 g/mol. The third-order valence-electron chi connectivity index (χ3n) is 4.20. The van der Waals surface area contributed by atoms with Gasteiger partial charge in [-0.2, -0.15) is 5.10 Å². The lowest BCUT2D eigenvalue weighted by Crippen LogP contribution is -2.11. The van der Waals surface area contributed by atoms with Gasteiger partial charge < -0.3 is 15.8 Å². The molecule has 0 aliphatic rings. The van der Waals surface area contributed by atoms with E-state index in [2.05, 4.69) is 20.4 Å². The Morgan fingerprint density at radius 3 is 2.50 bits per heavy atom. The number of nitrogens with one attached hydrogen (secondary N) is 1. The molecule has 0 aliphatic heterocycles. The summed E-state index contributed by atoms with van der Waals surface area (Å²) in [4.78, 5) is 20.9. The standard InChI is InChI=1S/C21H17ClN6O2/c1-28-12-14(10-25-28)18-11-24-19(23)21(27-18)30-17-8-2-13(3-9-17)20(29)26-16-6-4-15(22)5-7-16/h2-12H,1H3,(H2,23,24)(H,26,29). The van der Waals surface area contributed by atoms with Crippen LogP contribution in [0.4, 0.5) is 11.5 Å². The summed E-state index contributed by atoms with van der Waals surface area (Å²) in [6.45, 7) is 0. The highest BCUT2D eigenvalue weighted by atomic mass is 35.5. The van der Waals surface area contributed by atoms with Crippen LogP contribution in [0.25, 0.3) is 11.3 Å². The number of aromatic nitrogens is 4. The second kappa shape index (κ2) is 8.22. The quantitative estimate of drug-likeness (QED) is 0.502. The van der Waals surface area contributed by atoms with Crippen LogP contribution < -0.4 is 15.8 Å². The molecule has 150 valence electrons. The minimum Gasteiger partial charge on any atom is -0.436 e. The molecule has 2 heterocycles. The Morgan fingerprint density at radius 1 is 1.10 bits per heavy atom. The second-order valence-corrected chi connectivity index (χ2v) is 6.87. The lowest BCUT2D eigenvalue weighted by molar-refractivity contribution is 0.102. The number of halogens is 1. The molecule has 2 aromatic carbocycles. The molecule has 0 saturated carbocycles. The largest absolute Gasteiger partial charge is 0.436 e.